The molecule has 0 aliphatic heterocycles. The summed E-state index contributed by atoms with van der Waals surface area (Å²) in [7, 11) is 0. The van der Waals surface area contributed by atoms with Crippen LogP contribution in [0, 0.1) is 0 Å². The first-order chi connectivity index (χ1) is 14.0. The van der Waals surface area contributed by atoms with E-state index in [2.05, 4.69) is 16.7 Å². The first-order valence-corrected chi connectivity index (χ1v) is 9.96. The van der Waals surface area contributed by atoms with E-state index in [1.54, 1.807) is 0 Å². The average molecular weight is 394 g/mol. The van der Waals surface area contributed by atoms with Gasteiger partial charge in [0.05, 0.1) is 12.5 Å². The van der Waals surface area contributed by atoms with Crippen molar-refractivity contribution in [2.24, 2.45) is 0 Å². The molecule has 152 valence electrons. The van der Waals surface area contributed by atoms with Gasteiger partial charge in [-0.1, -0.05) is 54.6 Å². The number of amides is 2. The van der Waals surface area contributed by atoms with Crippen molar-refractivity contribution in [3.05, 3.63) is 71.3 Å². The molecule has 0 radical (unpaired) electrons. The summed E-state index contributed by atoms with van der Waals surface area (Å²) in [5.41, 5.74) is 3.16. The van der Waals surface area contributed by atoms with Crippen molar-refractivity contribution in [1.29, 1.82) is 0 Å². The number of hydrogen-bond acceptors (Lipinski definition) is 3. The van der Waals surface area contributed by atoms with Gasteiger partial charge in [0, 0.05) is 6.42 Å². The van der Waals surface area contributed by atoms with E-state index in [1.807, 2.05) is 48.5 Å². The molecule has 0 fully saturated rings. The number of aliphatic carboxylic acids is 1. The summed E-state index contributed by atoms with van der Waals surface area (Å²) in [6.07, 6.45) is 2.79. The Kier molecular flexibility index (Phi) is 7.00. The fraction of sp³-hybridized carbons (Fsp3) is 0.348. The van der Waals surface area contributed by atoms with E-state index in [0.717, 1.165) is 30.4 Å². The molecule has 0 unspecified atom stereocenters. The third-order valence-corrected chi connectivity index (χ3v) is 5.19. The van der Waals surface area contributed by atoms with Gasteiger partial charge in [0.1, 0.15) is 6.04 Å². The summed E-state index contributed by atoms with van der Waals surface area (Å²) in [6.45, 7) is 0. The van der Waals surface area contributed by atoms with Crippen molar-refractivity contribution in [3.8, 4) is 0 Å². The number of carboxylic acids is 1. The van der Waals surface area contributed by atoms with Crippen LogP contribution in [-0.2, 0) is 27.2 Å². The Labute approximate surface area is 170 Å². The number of carboxylic acid groups (broad SMARTS) is 1. The highest BCUT2D eigenvalue weighted by Crippen LogP contribution is 2.29. The molecule has 2 atom stereocenters. The third-order valence-electron chi connectivity index (χ3n) is 5.19. The summed E-state index contributed by atoms with van der Waals surface area (Å²) in [5, 5.41) is 14.8. The summed E-state index contributed by atoms with van der Waals surface area (Å²) >= 11 is 0. The zero-order chi connectivity index (χ0) is 20.6. The van der Waals surface area contributed by atoms with Crippen LogP contribution in [0.15, 0.2) is 54.6 Å². The largest absolute Gasteiger partial charge is 0.481 e. The van der Waals surface area contributed by atoms with Crippen LogP contribution in [0.2, 0.25) is 0 Å². The van der Waals surface area contributed by atoms with Gasteiger partial charge in [-0.05, 0) is 42.4 Å². The lowest BCUT2D eigenvalue weighted by Gasteiger charge is -2.28. The van der Waals surface area contributed by atoms with Crippen LogP contribution in [0.4, 0.5) is 0 Å². The molecule has 0 aromatic heterocycles. The van der Waals surface area contributed by atoms with Crippen molar-refractivity contribution in [2.45, 2.75) is 50.6 Å². The van der Waals surface area contributed by atoms with E-state index in [4.69, 9.17) is 5.11 Å². The molecule has 6 nitrogen and oxygen atoms in total. The molecule has 3 rings (SSSR count). The summed E-state index contributed by atoms with van der Waals surface area (Å²) in [4.78, 5) is 36.3. The van der Waals surface area contributed by atoms with Crippen LogP contribution in [0.25, 0.3) is 0 Å². The second-order valence-electron chi connectivity index (χ2n) is 7.37. The smallest absolute Gasteiger partial charge is 0.303 e. The minimum absolute atomic E-state index is 0.0516. The van der Waals surface area contributed by atoms with Gasteiger partial charge in [-0.25, -0.2) is 0 Å². The molecule has 0 heterocycles. The zero-order valence-corrected chi connectivity index (χ0v) is 16.3. The summed E-state index contributed by atoms with van der Waals surface area (Å²) in [5.74, 6) is -1.64. The standard InChI is InChI=1S/C23H26N2O4/c26-21(15-16-7-2-1-3-8-16)24-20(13-14-22(27)28)23(29)25-19-12-6-10-17-9-4-5-11-18(17)19/h1-5,7-9,11,19-20H,6,10,12-15H2,(H,24,26)(H,25,29)(H,27,28)/t19-,20-/m1/s1. The minimum atomic E-state index is -0.997. The van der Waals surface area contributed by atoms with Gasteiger partial charge in [-0.3, -0.25) is 14.4 Å². The molecule has 0 bridgehead atoms. The fourth-order valence-electron chi connectivity index (χ4n) is 3.74. The SMILES string of the molecule is O=C(O)CC[C@@H](NC(=O)Cc1ccccc1)C(=O)N[C@@H]1CCCc2ccccc21. The summed E-state index contributed by atoms with van der Waals surface area (Å²) in [6, 6.07) is 16.3. The highest BCUT2D eigenvalue weighted by Gasteiger charge is 2.27. The van der Waals surface area contributed by atoms with Gasteiger partial charge in [0.2, 0.25) is 11.8 Å². The Morgan fingerprint density at radius 3 is 2.52 bits per heavy atom. The molecule has 1 aliphatic carbocycles. The highest BCUT2D eigenvalue weighted by atomic mass is 16.4. The van der Waals surface area contributed by atoms with Crippen LogP contribution >= 0.6 is 0 Å². The molecular weight excluding hydrogens is 368 g/mol. The number of hydrogen-bond donors (Lipinski definition) is 3. The van der Waals surface area contributed by atoms with Crippen molar-refractivity contribution in [2.75, 3.05) is 0 Å². The van der Waals surface area contributed by atoms with E-state index < -0.39 is 12.0 Å². The van der Waals surface area contributed by atoms with Gasteiger partial charge in [0.25, 0.3) is 0 Å². The van der Waals surface area contributed by atoms with E-state index in [-0.39, 0.29) is 37.1 Å². The highest BCUT2D eigenvalue weighted by molar-refractivity contribution is 5.89. The Hall–Kier alpha value is -3.15. The zero-order valence-electron chi connectivity index (χ0n) is 16.3. The molecule has 2 amide bonds. The molecule has 2 aromatic rings. The quantitative estimate of drug-likeness (QED) is 0.642. The monoisotopic (exact) mass is 394 g/mol. The number of aryl methyl sites for hydroxylation is 1. The number of benzene rings is 2. The molecule has 29 heavy (non-hydrogen) atoms. The predicted octanol–water partition coefficient (Wildman–Crippen LogP) is 2.77. The van der Waals surface area contributed by atoms with Crippen molar-refractivity contribution in [3.63, 3.8) is 0 Å². The fourth-order valence-corrected chi connectivity index (χ4v) is 3.74. The molecule has 2 aromatic carbocycles. The van der Waals surface area contributed by atoms with Gasteiger partial charge >= 0.3 is 5.97 Å². The lowest BCUT2D eigenvalue weighted by Crippen LogP contribution is -2.48. The van der Waals surface area contributed by atoms with Crippen molar-refractivity contribution < 1.29 is 19.5 Å². The molecule has 1 aliphatic rings. The van der Waals surface area contributed by atoms with Gasteiger partial charge in [0.15, 0.2) is 0 Å². The lowest BCUT2D eigenvalue weighted by atomic mass is 9.87. The molecule has 6 heteroatoms. The normalized spacial score (nSPS) is 16.3. The number of nitrogens with one attached hydrogen (secondary N) is 2. The number of carbonyl (C=O) groups excluding carboxylic acids is 2. The van der Waals surface area contributed by atoms with Crippen molar-refractivity contribution >= 4 is 17.8 Å². The molecule has 0 spiro atoms. The maximum atomic E-state index is 12.9. The number of rotatable bonds is 8. The van der Waals surface area contributed by atoms with Crippen LogP contribution in [0.1, 0.15) is 48.4 Å². The first kappa shape index (κ1) is 20.6. The predicted molar refractivity (Wildman–Crippen MR) is 109 cm³/mol. The Bertz CT molecular complexity index is 866. The maximum Gasteiger partial charge on any atom is 0.303 e. The average Bonchev–Trinajstić information content (AvgIpc) is 2.72. The lowest BCUT2D eigenvalue weighted by molar-refractivity contribution is -0.138. The molecule has 0 saturated heterocycles. The second kappa shape index (κ2) is 9.87. The van der Waals surface area contributed by atoms with Crippen LogP contribution in [-0.4, -0.2) is 28.9 Å². The van der Waals surface area contributed by atoms with Crippen LogP contribution in [0.3, 0.4) is 0 Å². The Balaban J connectivity index is 1.66. The van der Waals surface area contributed by atoms with Crippen LogP contribution in [0.5, 0.6) is 0 Å². The van der Waals surface area contributed by atoms with E-state index >= 15 is 0 Å². The van der Waals surface area contributed by atoms with E-state index in [1.165, 1.54) is 5.56 Å². The topological polar surface area (TPSA) is 95.5 Å². The van der Waals surface area contributed by atoms with Crippen molar-refractivity contribution in [1.82, 2.24) is 10.6 Å². The first-order valence-electron chi connectivity index (χ1n) is 9.96. The molecular formula is C23H26N2O4. The summed E-state index contributed by atoms with van der Waals surface area (Å²) < 4.78 is 0. The van der Waals surface area contributed by atoms with E-state index in [9.17, 15) is 14.4 Å². The Morgan fingerprint density at radius 1 is 1.03 bits per heavy atom. The number of carbonyl (C=O) groups is 3. The van der Waals surface area contributed by atoms with E-state index in [0.29, 0.717) is 0 Å². The van der Waals surface area contributed by atoms with Crippen LogP contribution < -0.4 is 10.6 Å². The molecule has 3 N–H and O–H groups in total. The number of fused-ring (bicyclic) bond motifs is 1. The van der Waals surface area contributed by atoms with Gasteiger partial charge in [-0.2, -0.15) is 0 Å². The van der Waals surface area contributed by atoms with Gasteiger partial charge in [-0.15, -0.1) is 0 Å². The third kappa shape index (κ3) is 5.91. The van der Waals surface area contributed by atoms with Gasteiger partial charge < -0.3 is 15.7 Å². The second-order valence-corrected chi connectivity index (χ2v) is 7.37. The minimum Gasteiger partial charge on any atom is -0.481 e. The molecule has 0 saturated carbocycles. The maximum absolute atomic E-state index is 12.9. The Morgan fingerprint density at radius 2 is 1.76 bits per heavy atom.